The number of nitrogens with one attached hydrogen (secondary N) is 1. The van der Waals surface area contributed by atoms with Crippen LogP contribution in [0.1, 0.15) is 11.3 Å². The summed E-state index contributed by atoms with van der Waals surface area (Å²) in [6.07, 6.45) is 0. The van der Waals surface area contributed by atoms with Crippen LogP contribution in [0.3, 0.4) is 0 Å². The summed E-state index contributed by atoms with van der Waals surface area (Å²) in [4.78, 5) is 4.25. The number of phenols is 1. The highest BCUT2D eigenvalue weighted by molar-refractivity contribution is 7.80. The zero-order chi connectivity index (χ0) is 18.0. The molecule has 2 N–H and O–H groups in total. The minimum Gasteiger partial charge on any atom is -0.504 e. The lowest BCUT2D eigenvalue weighted by molar-refractivity contribution is 0.215. The van der Waals surface area contributed by atoms with Crippen LogP contribution in [0.5, 0.6) is 5.75 Å². The van der Waals surface area contributed by atoms with Gasteiger partial charge >= 0.3 is 0 Å². The third kappa shape index (κ3) is 3.96. The summed E-state index contributed by atoms with van der Waals surface area (Å²) in [5.41, 5.74) is 4.23. The number of hydrogen-bond acceptors (Lipinski definition) is 5. The predicted molar refractivity (Wildman–Crippen MR) is 93.9 cm³/mol. The van der Waals surface area contributed by atoms with Crippen molar-refractivity contribution in [2.75, 3.05) is 0 Å². The number of fused-ring (bicyclic) bond motifs is 1. The van der Waals surface area contributed by atoms with E-state index in [0.29, 0.717) is 16.1 Å². The van der Waals surface area contributed by atoms with Crippen LogP contribution in [0.2, 0.25) is 5.02 Å². The van der Waals surface area contributed by atoms with Crippen molar-refractivity contribution in [3.63, 3.8) is 0 Å². The molecule has 3 aromatic rings. The monoisotopic (exact) mass is 380 g/mol. The molecule has 25 heavy (non-hydrogen) atoms. The van der Waals surface area contributed by atoms with E-state index in [1.165, 1.54) is 18.2 Å². The van der Waals surface area contributed by atoms with Gasteiger partial charge in [0.25, 0.3) is 0 Å². The van der Waals surface area contributed by atoms with Gasteiger partial charge in [0.1, 0.15) is 16.2 Å². The summed E-state index contributed by atoms with van der Waals surface area (Å²) in [5, 5.41) is 11.2. The number of aromatic nitrogens is 1. The Morgan fingerprint density at radius 1 is 1.28 bits per heavy atom. The number of rotatable bonds is 5. The van der Waals surface area contributed by atoms with Gasteiger partial charge in [-0.2, -0.15) is 9.76 Å². The van der Waals surface area contributed by atoms with E-state index in [4.69, 9.17) is 15.9 Å². The highest BCUT2D eigenvalue weighted by Gasteiger charge is 2.18. The number of benzene rings is 2. The average Bonchev–Trinajstić information content (AvgIpc) is 2.59. The van der Waals surface area contributed by atoms with Crippen molar-refractivity contribution in [1.29, 1.82) is 0 Å². The zero-order valence-corrected chi connectivity index (χ0v) is 14.7. The Kier molecular flexibility index (Phi) is 5.29. The first-order chi connectivity index (χ1) is 12.0. The Hall–Kier alpha value is -2.06. The molecule has 2 aromatic carbocycles. The largest absolute Gasteiger partial charge is 0.504 e. The fourth-order valence-electron chi connectivity index (χ4n) is 2.25. The maximum atomic E-state index is 12.9. The molecular weight excluding hydrogens is 367 g/mol. The summed E-state index contributed by atoms with van der Waals surface area (Å²) in [6, 6.07) is 10.7. The lowest BCUT2D eigenvalue weighted by atomic mass is 10.2. The minimum absolute atomic E-state index is 0.0159. The van der Waals surface area contributed by atoms with E-state index in [1.54, 1.807) is 31.2 Å². The lowest BCUT2D eigenvalue weighted by Gasteiger charge is -2.10. The van der Waals surface area contributed by atoms with E-state index in [2.05, 4.69) is 10.5 Å². The summed E-state index contributed by atoms with van der Waals surface area (Å²) in [5.74, 6) is -0.586. The van der Waals surface area contributed by atoms with Crippen molar-refractivity contribution in [2.24, 2.45) is 0 Å². The molecule has 130 valence electrons. The molecule has 0 spiro atoms. The number of halogens is 2. The molecule has 1 aromatic heterocycles. The second-order valence-corrected chi connectivity index (χ2v) is 6.80. The smallest absolute Gasteiger partial charge is 0.210 e. The molecule has 1 heterocycles. The number of hydroxylamine groups is 1. The molecular formula is C17H14ClFN2O3S. The SMILES string of the molecule is Cc1ccc2c(Cl)cc(S(=O)ONCc3ccc(F)cc3)c(O)c2n1. The zero-order valence-electron chi connectivity index (χ0n) is 13.1. The predicted octanol–water partition coefficient (Wildman–Crippen LogP) is 3.79. The van der Waals surface area contributed by atoms with Gasteiger partial charge in [-0.3, -0.25) is 0 Å². The van der Waals surface area contributed by atoms with Gasteiger partial charge in [-0.15, -0.1) is 0 Å². The number of aryl methyl sites for hydroxylation is 1. The maximum absolute atomic E-state index is 12.9. The highest BCUT2D eigenvalue weighted by Crippen LogP contribution is 2.35. The summed E-state index contributed by atoms with van der Waals surface area (Å²) < 4.78 is 30.2. The van der Waals surface area contributed by atoms with Crippen molar-refractivity contribution < 1.29 is 18.0 Å². The number of aromatic hydroxyl groups is 1. The van der Waals surface area contributed by atoms with Crippen LogP contribution in [0.4, 0.5) is 4.39 Å². The molecule has 0 aliphatic rings. The van der Waals surface area contributed by atoms with Crippen LogP contribution in [0.15, 0.2) is 47.4 Å². The molecule has 0 radical (unpaired) electrons. The molecule has 0 aliphatic heterocycles. The molecule has 3 rings (SSSR count). The van der Waals surface area contributed by atoms with E-state index in [-0.39, 0.29) is 28.5 Å². The Morgan fingerprint density at radius 2 is 2.00 bits per heavy atom. The van der Waals surface area contributed by atoms with Crippen molar-refractivity contribution in [1.82, 2.24) is 10.5 Å². The number of hydrogen-bond donors (Lipinski definition) is 2. The average molecular weight is 381 g/mol. The van der Waals surface area contributed by atoms with Gasteiger partial charge < -0.3 is 5.11 Å². The van der Waals surface area contributed by atoms with Gasteiger partial charge in [0.15, 0.2) is 5.75 Å². The van der Waals surface area contributed by atoms with E-state index < -0.39 is 11.1 Å². The van der Waals surface area contributed by atoms with Crippen molar-refractivity contribution in [3.8, 4) is 5.75 Å². The molecule has 0 aliphatic carbocycles. The molecule has 5 nitrogen and oxygen atoms in total. The Labute approximate surface area is 151 Å². The summed E-state index contributed by atoms with van der Waals surface area (Å²) >= 11 is 4.17. The third-order valence-electron chi connectivity index (χ3n) is 3.51. The molecule has 0 bridgehead atoms. The van der Waals surface area contributed by atoms with Gasteiger partial charge in [-0.05, 0) is 42.8 Å². The molecule has 0 fully saturated rings. The van der Waals surface area contributed by atoms with Gasteiger partial charge in [0.05, 0.1) is 5.02 Å². The standard InChI is InChI=1S/C17H14ClFN2O3S/c1-10-2-7-13-14(18)8-15(17(22)16(13)21-10)25(23)24-20-9-11-3-5-12(19)6-4-11/h2-8,20,22H,9H2,1H3. The van der Waals surface area contributed by atoms with Crippen LogP contribution >= 0.6 is 11.6 Å². The number of phenolic OH excluding ortho intramolecular Hbond substituents is 1. The normalized spacial score (nSPS) is 12.4. The molecule has 1 unspecified atom stereocenters. The van der Waals surface area contributed by atoms with E-state index in [9.17, 15) is 13.7 Å². The van der Waals surface area contributed by atoms with Crippen LogP contribution in [0.25, 0.3) is 10.9 Å². The van der Waals surface area contributed by atoms with Crippen molar-refractivity contribution in [3.05, 3.63) is 64.6 Å². The van der Waals surface area contributed by atoms with Crippen LogP contribution in [-0.4, -0.2) is 14.3 Å². The summed E-state index contributed by atoms with van der Waals surface area (Å²) in [7, 11) is 0. The fourth-order valence-corrected chi connectivity index (χ4v) is 3.30. The van der Waals surface area contributed by atoms with Crippen molar-refractivity contribution in [2.45, 2.75) is 18.4 Å². The van der Waals surface area contributed by atoms with Gasteiger partial charge in [-0.1, -0.05) is 23.7 Å². The number of nitrogens with zero attached hydrogens (tertiary/aromatic N) is 1. The van der Waals surface area contributed by atoms with Crippen molar-refractivity contribution >= 4 is 33.6 Å². The van der Waals surface area contributed by atoms with Gasteiger partial charge in [0, 0.05) is 17.6 Å². The molecule has 0 saturated heterocycles. The van der Waals surface area contributed by atoms with E-state index in [0.717, 1.165) is 5.56 Å². The van der Waals surface area contributed by atoms with Gasteiger partial charge in [-0.25, -0.2) is 13.6 Å². The van der Waals surface area contributed by atoms with Gasteiger partial charge in [0.2, 0.25) is 11.1 Å². The summed E-state index contributed by atoms with van der Waals surface area (Å²) in [6.45, 7) is 1.99. The lowest BCUT2D eigenvalue weighted by Crippen LogP contribution is -2.16. The van der Waals surface area contributed by atoms with E-state index in [1.807, 2.05) is 0 Å². The van der Waals surface area contributed by atoms with E-state index >= 15 is 0 Å². The Balaban J connectivity index is 1.77. The van der Waals surface area contributed by atoms with Crippen LogP contribution in [0, 0.1) is 12.7 Å². The van der Waals surface area contributed by atoms with Crippen LogP contribution in [-0.2, 0) is 21.9 Å². The fraction of sp³-hybridized carbons (Fsp3) is 0.118. The quantitative estimate of drug-likeness (QED) is 0.659. The first kappa shape index (κ1) is 17.8. The topological polar surface area (TPSA) is 71.5 Å². The second-order valence-electron chi connectivity index (χ2n) is 5.32. The maximum Gasteiger partial charge on any atom is 0.210 e. The number of pyridine rings is 1. The van der Waals surface area contributed by atoms with Crippen LogP contribution < -0.4 is 5.48 Å². The first-order valence-corrected chi connectivity index (χ1v) is 8.76. The first-order valence-electron chi connectivity index (χ1n) is 7.31. The Bertz CT molecular complexity index is 951. The molecule has 1 atom stereocenters. The highest BCUT2D eigenvalue weighted by atomic mass is 35.5. The minimum atomic E-state index is -2.01. The second kappa shape index (κ2) is 7.45. The Morgan fingerprint density at radius 3 is 2.72 bits per heavy atom. The third-order valence-corrected chi connectivity index (χ3v) is 4.76. The molecule has 0 saturated carbocycles. The molecule has 0 amide bonds. The molecule has 8 heteroatoms.